The van der Waals surface area contributed by atoms with Crippen molar-refractivity contribution in [3.8, 4) is 17.2 Å². The van der Waals surface area contributed by atoms with Gasteiger partial charge in [0.15, 0.2) is 0 Å². The van der Waals surface area contributed by atoms with Gasteiger partial charge in [-0.2, -0.15) is 0 Å². The van der Waals surface area contributed by atoms with Crippen molar-refractivity contribution in [3.63, 3.8) is 0 Å². The highest BCUT2D eigenvalue weighted by atomic mass is 32.2. The van der Waals surface area contributed by atoms with Crippen LogP contribution in [0.2, 0.25) is 0 Å². The Kier molecular flexibility index (Phi) is 10.6. The predicted octanol–water partition coefficient (Wildman–Crippen LogP) is 4.44. The largest absolute Gasteiger partial charge is 0.497 e. The highest BCUT2D eigenvalue weighted by Crippen LogP contribution is 2.26. The second kappa shape index (κ2) is 13.8. The van der Waals surface area contributed by atoms with Crippen LogP contribution in [0, 0.1) is 5.92 Å². The first-order valence-electron chi connectivity index (χ1n) is 13.0. The highest BCUT2D eigenvalue weighted by molar-refractivity contribution is 7.92. The predicted molar refractivity (Wildman–Crippen MR) is 156 cm³/mol. The zero-order valence-corrected chi connectivity index (χ0v) is 24.4. The average molecular weight is 568 g/mol. The van der Waals surface area contributed by atoms with Gasteiger partial charge in [0.25, 0.3) is 0 Å². The molecular weight excluding hydrogens is 530 g/mol. The summed E-state index contributed by atoms with van der Waals surface area (Å²) < 4.78 is 37.7. The van der Waals surface area contributed by atoms with Crippen molar-refractivity contribution < 1.29 is 27.5 Å². The van der Waals surface area contributed by atoms with Gasteiger partial charge in [-0.05, 0) is 66.9 Å². The van der Waals surface area contributed by atoms with Gasteiger partial charge in [-0.3, -0.25) is 13.9 Å². The van der Waals surface area contributed by atoms with Crippen molar-refractivity contribution in [3.05, 3.63) is 84.4 Å². The number of anilines is 1. The minimum atomic E-state index is -3.84. The van der Waals surface area contributed by atoms with E-state index < -0.39 is 28.5 Å². The van der Waals surface area contributed by atoms with E-state index in [0.717, 1.165) is 16.1 Å². The standard InChI is InChI=1S/C30H37N3O6S/c1-22(2)19-31-30(35)23(3)32(20-24-11-15-26(38-4)16-12-24)29(34)21-33(40(5,36)37)25-13-17-28(18-14-25)39-27-9-7-6-8-10-27/h6-18,22-23H,19-21H2,1-5H3,(H,31,35). The molecule has 3 aromatic rings. The zero-order chi connectivity index (χ0) is 29.3. The molecule has 214 valence electrons. The molecule has 0 spiro atoms. The molecule has 40 heavy (non-hydrogen) atoms. The van der Waals surface area contributed by atoms with Gasteiger partial charge in [0.2, 0.25) is 21.8 Å². The van der Waals surface area contributed by atoms with Crippen LogP contribution in [0.4, 0.5) is 5.69 Å². The first kappa shape index (κ1) is 30.5. The van der Waals surface area contributed by atoms with Crippen molar-refractivity contribution in [1.29, 1.82) is 0 Å². The maximum Gasteiger partial charge on any atom is 0.244 e. The number of para-hydroxylation sites is 1. The Bertz CT molecular complexity index is 1360. The first-order chi connectivity index (χ1) is 19.0. The monoisotopic (exact) mass is 567 g/mol. The molecule has 0 fully saturated rings. The molecule has 0 aliphatic heterocycles. The summed E-state index contributed by atoms with van der Waals surface area (Å²) >= 11 is 0. The topological polar surface area (TPSA) is 105 Å². The Labute approximate surface area is 236 Å². The van der Waals surface area contributed by atoms with Gasteiger partial charge in [-0.1, -0.05) is 44.2 Å². The summed E-state index contributed by atoms with van der Waals surface area (Å²) in [6.07, 6.45) is 1.04. The maximum atomic E-state index is 13.7. The van der Waals surface area contributed by atoms with Crippen LogP contribution in [-0.4, -0.2) is 57.6 Å². The van der Waals surface area contributed by atoms with Crippen LogP contribution in [0.15, 0.2) is 78.9 Å². The summed E-state index contributed by atoms with van der Waals surface area (Å²) in [6.45, 7) is 5.69. The Balaban J connectivity index is 1.85. The van der Waals surface area contributed by atoms with E-state index in [0.29, 0.717) is 29.5 Å². The number of hydrogen-bond donors (Lipinski definition) is 1. The number of sulfonamides is 1. The number of nitrogens with zero attached hydrogens (tertiary/aromatic N) is 2. The van der Waals surface area contributed by atoms with Crippen molar-refractivity contribution in [1.82, 2.24) is 10.2 Å². The normalized spacial score (nSPS) is 11.9. The summed E-state index contributed by atoms with van der Waals surface area (Å²) in [5.74, 6) is 1.22. The smallest absolute Gasteiger partial charge is 0.244 e. The number of ether oxygens (including phenoxy) is 2. The number of hydrogen-bond acceptors (Lipinski definition) is 6. The lowest BCUT2D eigenvalue weighted by molar-refractivity contribution is -0.139. The molecule has 0 radical (unpaired) electrons. The van der Waals surface area contributed by atoms with Gasteiger partial charge in [-0.15, -0.1) is 0 Å². The van der Waals surface area contributed by atoms with Crippen LogP contribution < -0.4 is 19.1 Å². The number of amides is 2. The van der Waals surface area contributed by atoms with E-state index >= 15 is 0 Å². The van der Waals surface area contributed by atoms with Crippen molar-refractivity contribution in [2.24, 2.45) is 5.92 Å². The minimum Gasteiger partial charge on any atom is -0.497 e. The number of nitrogens with one attached hydrogen (secondary N) is 1. The van der Waals surface area contributed by atoms with Gasteiger partial charge in [0.05, 0.1) is 19.1 Å². The van der Waals surface area contributed by atoms with Gasteiger partial charge >= 0.3 is 0 Å². The van der Waals surface area contributed by atoms with Gasteiger partial charge in [0.1, 0.15) is 29.8 Å². The molecule has 0 heterocycles. The second-order valence-corrected chi connectivity index (χ2v) is 11.8. The Hall–Kier alpha value is -4.05. The van der Waals surface area contributed by atoms with Gasteiger partial charge in [0, 0.05) is 13.1 Å². The number of carbonyl (C=O) groups excluding carboxylic acids is 2. The second-order valence-electron chi connectivity index (χ2n) is 9.86. The molecule has 1 atom stereocenters. The molecule has 3 rings (SSSR count). The van der Waals surface area contributed by atoms with E-state index in [4.69, 9.17) is 9.47 Å². The quantitative estimate of drug-likeness (QED) is 0.327. The van der Waals surface area contributed by atoms with Crippen LogP contribution in [-0.2, 0) is 26.2 Å². The Morgan fingerprint density at radius 1 is 0.850 bits per heavy atom. The molecule has 0 bridgehead atoms. The molecular formula is C30H37N3O6S. The summed E-state index contributed by atoms with van der Waals surface area (Å²) in [4.78, 5) is 28.0. The SMILES string of the molecule is COc1ccc(CN(C(=O)CN(c2ccc(Oc3ccccc3)cc2)S(C)(=O)=O)C(C)C(=O)NCC(C)C)cc1. The highest BCUT2D eigenvalue weighted by Gasteiger charge is 2.30. The van der Waals surface area contributed by atoms with Crippen LogP contribution in [0.3, 0.4) is 0 Å². The van der Waals surface area contributed by atoms with E-state index in [2.05, 4.69) is 5.32 Å². The maximum absolute atomic E-state index is 13.7. The molecule has 3 aromatic carbocycles. The minimum absolute atomic E-state index is 0.112. The third kappa shape index (κ3) is 8.74. The number of methoxy groups -OCH3 is 1. The molecule has 1 unspecified atom stereocenters. The van der Waals surface area contributed by atoms with E-state index in [9.17, 15) is 18.0 Å². The lowest BCUT2D eigenvalue weighted by Crippen LogP contribution is -2.51. The van der Waals surface area contributed by atoms with E-state index in [1.807, 2.05) is 44.2 Å². The van der Waals surface area contributed by atoms with Gasteiger partial charge < -0.3 is 19.7 Å². The van der Waals surface area contributed by atoms with Crippen molar-refractivity contribution >= 4 is 27.5 Å². The van der Waals surface area contributed by atoms with Crippen LogP contribution in [0.5, 0.6) is 17.2 Å². The number of benzene rings is 3. The molecule has 2 amide bonds. The van der Waals surface area contributed by atoms with Crippen molar-refractivity contribution in [2.75, 3.05) is 30.8 Å². The van der Waals surface area contributed by atoms with Gasteiger partial charge in [-0.25, -0.2) is 8.42 Å². The third-order valence-corrected chi connectivity index (χ3v) is 7.29. The molecule has 1 N–H and O–H groups in total. The lowest BCUT2D eigenvalue weighted by atomic mass is 10.1. The Morgan fingerprint density at radius 3 is 1.98 bits per heavy atom. The fourth-order valence-corrected chi connectivity index (χ4v) is 4.73. The average Bonchev–Trinajstić information content (AvgIpc) is 2.93. The summed E-state index contributed by atoms with van der Waals surface area (Å²) in [6, 6.07) is 22.0. The molecule has 0 aliphatic carbocycles. The zero-order valence-electron chi connectivity index (χ0n) is 23.5. The van der Waals surface area contributed by atoms with Crippen LogP contribution >= 0.6 is 0 Å². The molecule has 10 heteroatoms. The molecule has 9 nitrogen and oxygen atoms in total. The molecule has 0 aromatic heterocycles. The summed E-state index contributed by atoms with van der Waals surface area (Å²) in [5, 5.41) is 2.86. The molecule has 0 aliphatic rings. The number of carbonyl (C=O) groups is 2. The fourth-order valence-electron chi connectivity index (χ4n) is 3.88. The van der Waals surface area contributed by atoms with E-state index in [-0.39, 0.29) is 18.4 Å². The fraction of sp³-hybridized carbons (Fsp3) is 0.333. The van der Waals surface area contributed by atoms with Crippen LogP contribution in [0.1, 0.15) is 26.3 Å². The molecule has 0 saturated heterocycles. The summed E-state index contributed by atoms with van der Waals surface area (Å²) in [7, 11) is -2.28. The Morgan fingerprint density at radius 2 is 1.43 bits per heavy atom. The summed E-state index contributed by atoms with van der Waals surface area (Å²) in [5.41, 5.74) is 1.07. The number of rotatable bonds is 13. The molecule has 0 saturated carbocycles. The first-order valence-corrected chi connectivity index (χ1v) is 14.8. The third-order valence-electron chi connectivity index (χ3n) is 6.15. The lowest BCUT2D eigenvalue weighted by Gasteiger charge is -2.31. The van der Waals surface area contributed by atoms with Crippen molar-refractivity contribution in [2.45, 2.75) is 33.4 Å². The van der Waals surface area contributed by atoms with E-state index in [1.165, 1.54) is 4.90 Å². The van der Waals surface area contributed by atoms with E-state index in [1.54, 1.807) is 62.6 Å². The van der Waals surface area contributed by atoms with Crippen LogP contribution in [0.25, 0.3) is 0 Å².